The molecular weight excluding hydrogens is 571 g/mol. The first-order valence-electron chi connectivity index (χ1n) is 16.7. The zero-order valence-corrected chi connectivity index (χ0v) is 28.1. The third kappa shape index (κ3) is 4.69. The second-order valence-electron chi connectivity index (χ2n) is 15.1. The Morgan fingerprint density at radius 3 is 1.66 bits per heavy atom. The normalized spacial score (nSPS) is 13.9. The van der Waals surface area contributed by atoms with Crippen LogP contribution in [-0.4, -0.2) is 0 Å². The summed E-state index contributed by atoms with van der Waals surface area (Å²) in [6.07, 6.45) is 0. The molecule has 0 aliphatic heterocycles. The zero-order valence-electron chi connectivity index (χ0n) is 28.1. The molecule has 0 unspecified atom stereocenters. The Labute approximate surface area is 278 Å². The summed E-state index contributed by atoms with van der Waals surface area (Å²) in [5, 5.41) is 6.01. The molecule has 0 radical (unpaired) electrons. The first kappa shape index (κ1) is 29.3. The molecule has 1 heterocycles. The van der Waals surface area contributed by atoms with Gasteiger partial charge in [0.25, 0.3) is 0 Å². The smallest absolute Gasteiger partial charge is 0.137 e. The highest BCUT2D eigenvalue weighted by Crippen LogP contribution is 2.57. The van der Waals surface area contributed by atoms with Crippen molar-refractivity contribution in [1.82, 2.24) is 0 Å². The molecule has 0 saturated heterocycles. The third-order valence-corrected chi connectivity index (χ3v) is 10.1. The molecule has 0 saturated carbocycles. The minimum atomic E-state index is -0.473. The maximum absolute atomic E-state index is 6.22. The average Bonchev–Trinajstić information content (AvgIpc) is 3.57. The van der Waals surface area contributed by atoms with Gasteiger partial charge in [-0.15, -0.1) is 0 Å². The molecule has 0 bridgehead atoms. The van der Waals surface area contributed by atoms with Crippen LogP contribution in [0.5, 0.6) is 0 Å². The van der Waals surface area contributed by atoms with Crippen molar-refractivity contribution in [3.8, 4) is 11.1 Å². The van der Waals surface area contributed by atoms with Crippen LogP contribution in [0.15, 0.2) is 138 Å². The van der Waals surface area contributed by atoms with Crippen LogP contribution in [-0.2, 0) is 16.2 Å². The fourth-order valence-electron chi connectivity index (χ4n) is 7.56. The van der Waals surface area contributed by atoms with Crippen molar-refractivity contribution in [3.63, 3.8) is 0 Å². The van der Waals surface area contributed by atoms with Crippen LogP contribution in [0.1, 0.15) is 74.9 Å². The van der Waals surface area contributed by atoms with Gasteiger partial charge in [0, 0.05) is 28.2 Å². The highest BCUT2D eigenvalue weighted by atomic mass is 16.3. The second-order valence-corrected chi connectivity index (χ2v) is 15.1. The predicted octanol–water partition coefficient (Wildman–Crippen LogP) is 12.3. The molecule has 1 aliphatic rings. The van der Waals surface area contributed by atoms with E-state index in [1.807, 2.05) is 12.1 Å². The van der Waals surface area contributed by atoms with Gasteiger partial charge in [-0.1, -0.05) is 139 Å². The molecule has 47 heavy (non-hydrogen) atoms. The first-order valence-corrected chi connectivity index (χ1v) is 16.7. The lowest BCUT2D eigenvalue weighted by Gasteiger charge is -2.35. The lowest BCUT2D eigenvalue weighted by atomic mass is 9.67. The Morgan fingerprint density at radius 1 is 0.468 bits per heavy atom. The summed E-state index contributed by atoms with van der Waals surface area (Å²) in [4.78, 5) is 0. The summed E-state index contributed by atoms with van der Waals surface area (Å²) >= 11 is 0. The Hall–Kier alpha value is -5.08. The summed E-state index contributed by atoms with van der Waals surface area (Å²) in [6.45, 7) is 13.7. The van der Waals surface area contributed by atoms with Crippen molar-refractivity contribution in [2.45, 2.75) is 57.8 Å². The van der Waals surface area contributed by atoms with Gasteiger partial charge < -0.3 is 9.73 Å². The molecular formula is C45H41NO. The quantitative estimate of drug-likeness (QED) is 0.214. The Kier molecular flexibility index (Phi) is 6.53. The van der Waals surface area contributed by atoms with Crippen LogP contribution in [0.25, 0.3) is 33.1 Å². The average molecular weight is 612 g/mol. The van der Waals surface area contributed by atoms with Gasteiger partial charge in [-0.2, -0.15) is 0 Å². The van der Waals surface area contributed by atoms with Gasteiger partial charge in [0.05, 0.1) is 5.41 Å². The van der Waals surface area contributed by atoms with Crippen molar-refractivity contribution in [3.05, 3.63) is 167 Å². The van der Waals surface area contributed by atoms with Crippen molar-refractivity contribution in [2.75, 3.05) is 5.32 Å². The van der Waals surface area contributed by atoms with E-state index < -0.39 is 5.41 Å². The molecule has 2 nitrogen and oxygen atoms in total. The van der Waals surface area contributed by atoms with Crippen LogP contribution in [0.2, 0.25) is 0 Å². The Balaban J connectivity index is 1.32. The molecule has 232 valence electrons. The van der Waals surface area contributed by atoms with Crippen LogP contribution in [0, 0.1) is 0 Å². The number of fused-ring (bicyclic) bond motifs is 6. The predicted molar refractivity (Wildman–Crippen MR) is 198 cm³/mol. The number of benzene rings is 6. The van der Waals surface area contributed by atoms with E-state index in [2.05, 4.69) is 168 Å². The number of rotatable bonds is 4. The van der Waals surface area contributed by atoms with Gasteiger partial charge in [-0.05, 0) is 85.7 Å². The second kappa shape index (κ2) is 10.5. The molecule has 1 N–H and O–H groups in total. The summed E-state index contributed by atoms with van der Waals surface area (Å²) in [5.74, 6) is 0. The van der Waals surface area contributed by atoms with Gasteiger partial charge in [-0.3, -0.25) is 0 Å². The molecule has 0 atom stereocenters. The monoisotopic (exact) mass is 611 g/mol. The number of para-hydroxylation sites is 1. The van der Waals surface area contributed by atoms with Crippen molar-refractivity contribution < 1.29 is 4.42 Å². The molecule has 7 aromatic rings. The van der Waals surface area contributed by atoms with Crippen molar-refractivity contribution in [2.24, 2.45) is 0 Å². The van der Waals surface area contributed by atoms with Gasteiger partial charge >= 0.3 is 0 Å². The first-order chi connectivity index (χ1) is 22.5. The Bertz CT molecular complexity index is 2210. The lowest BCUT2D eigenvalue weighted by Crippen LogP contribution is -2.29. The van der Waals surface area contributed by atoms with E-state index in [9.17, 15) is 0 Å². The van der Waals surface area contributed by atoms with Gasteiger partial charge in [0.1, 0.15) is 11.2 Å². The minimum absolute atomic E-state index is 0.0730. The third-order valence-electron chi connectivity index (χ3n) is 10.1. The van der Waals surface area contributed by atoms with Crippen molar-refractivity contribution >= 4 is 33.3 Å². The molecule has 6 aromatic carbocycles. The van der Waals surface area contributed by atoms with E-state index in [-0.39, 0.29) is 10.8 Å². The minimum Gasteiger partial charge on any atom is -0.456 e. The van der Waals surface area contributed by atoms with Gasteiger partial charge in [0.2, 0.25) is 0 Å². The molecule has 0 amide bonds. The van der Waals surface area contributed by atoms with Gasteiger partial charge in [-0.25, -0.2) is 0 Å². The van der Waals surface area contributed by atoms with Crippen LogP contribution >= 0.6 is 0 Å². The highest BCUT2D eigenvalue weighted by molar-refractivity contribution is 6.05. The van der Waals surface area contributed by atoms with E-state index in [1.54, 1.807) is 0 Å². The van der Waals surface area contributed by atoms with Crippen LogP contribution < -0.4 is 5.32 Å². The molecule has 8 rings (SSSR count). The zero-order chi connectivity index (χ0) is 32.6. The summed E-state index contributed by atoms with van der Waals surface area (Å²) in [6, 6.07) is 49.2. The van der Waals surface area contributed by atoms with E-state index in [1.165, 1.54) is 44.5 Å². The van der Waals surface area contributed by atoms with Crippen LogP contribution in [0.4, 0.5) is 11.4 Å². The van der Waals surface area contributed by atoms with E-state index in [4.69, 9.17) is 4.42 Å². The number of anilines is 2. The molecule has 1 aromatic heterocycles. The SMILES string of the molecule is CC(C)(C)c1ccc(C2(c3ccc(C(C)(C)C)cc3)c3ccccc3-c3ccc(Nc4ccc5c(c4)oc4ccccc45)cc32)cc1. The highest BCUT2D eigenvalue weighted by Gasteiger charge is 2.46. The van der Waals surface area contributed by atoms with E-state index >= 15 is 0 Å². The fraction of sp³-hybridized carbons (Fsp3) is 0.200. The molecule has 0 fully saturated rings. The molecule has 2 heteroatoms. The number of hydrogen-bond donors (Lipinski definition) is 1. The number of furan rings is 1. The maximum atomic E-state index is 6.22. The summed E-state index contributed by atoms with van der Waals surface area (Å²) < 4.78 is 6.22. The molecule has 0 spiro atoms. The van der Waals surface area contributed by atoms with Crippen molar-refractivity contribution in [1.29, 1.82) is 0 Å². The van der Waals surface area contributed by atoms with E-state index in [0.717, 1.165) is 33.3 Å². The topological polar surface area (TPSA) is 25.2 Å². The Morgan fingerprint density at radius 2 is 1.00 bits per heavy atom. The standard InChI is InChI=1S/C45H41NO/c1-43(2,3)29-15-19-31(20-16-29)45(32-21-17-30(18-22-32)44(4,5)6)39-13-9-7-11-35(39)36-25-23-33(27-40(36)45)46-34-24-26-38-37-12-8-10-14-41(37)47-42(38)28-34/h7-28,46H,1-6H3. The number of hydrogen-bond acceptors (Lipinski definition) is 2. The maximum Gasteiger partial charge on any atom is 0.137 e. The van der Waals surface area contributed by atoms with E-state index in [0.29, 0.717) is 0 Å². The molecule has 1 aliphatic carbocycles. The van der Waals surface area contributed by atoms with Gasteiger partial charge in [0.15, 0.2) is 0 Å². The van der Waals surface area contributed by atoms with Crippen LogP contribution in [0.3, 0.4) is 0 Å². The summed E-state index contributed by atoms with van der Waals surface area (Å²) in [7, 11) is 0. The largest absolute Gasteiger partial charge is 0.456 e. The number of nitrogens with one attached hydrogen (secondary N) is 1. The fourth-order valence-corrected chi connectivity index (χ4v) is 7.56. The lowest BCUT2D eigenvalue weighted by molar-refractivity contribution is 0.588. The summed E-state index contributed by atoms with van der Waals surface area (Å²) in [5.41, 5.74) is 13.9.